The third-order valence-electron chi connectivity index (χ3n) is 9.21. The number of para-hydroxylation sites is 2. The van der Waals surface area contributed by atoms with E-state index in [9.17, 15) is 0 Å². The maximum atomic E-state index is 15.6. The van der Waals surface area contributed by atoms with Gasteiger partial charge in [-0.15, -0.1) is 0 Å². The van der Waals surface area contributed by atoms with Gasteiger partial charge in [-0.05, 0) is 88.5 Å². The molecule has 1 nitrogen and oxygen atoms in total. The Kier molecular flexibility index (Phi) is 6.68. The molecule has 8 rings (SSSR count). The van der Waals surface area contributed by atoms with Crippen LogP contribution in [0.4, 0.5) is 17.6 Å². The molecule has 1 aliphatic carbocycles. The lowest BCUT2D eigenvalue weighted by Gasteiger charge is -2.22. The number of halogens is 5. The van der Waals surface area contributed by atoms with E-state index in [0.717, 1.165) is 54.2 Å². The van der Waals surface area contributed by atoms with Gasteiger partial charge in [-0.3, -0.25) is 0 Å². The van der Waals surface area contributed by atoms with Crippen LogP contribution in [0, 0.1) is 35.1 Å². The molecule has 0 bridgehead atoms. The maximum absolute atomic E-state index is 15.6. The molecule has 0 radical (unpaired) electrons. The minimum Gasteiger partial charge on any atom is -0.309 e. The Morgan fingerprint density at radius 2 is 1.26 bits per heavy atom. The fourth-order valence-electron chi connectivity index (χ4n) is 6.87. The Balaban J connectivity index is 1.28. The topological polar surface area (TPSA) is 4.93 Å². The lowest BCUT2D eigenvalue weighted by molar-refractivity contribution is 0.455. The van der Waals surface area contributed by atoms with Crippen molar-refractivity contribution in [2.75, 3.05) is 0 Å². The zero-order chi connectivity index (χ0) is 32.6. The van der Waals surface area contributed by atoms with Crippen molar-refractivity contribution in [3.63, 3.8) is 0 Å². The van der Waals surface area contributed by atoms with Gasteiger partial charge in [-0.1, -0.05) is 90.1 Å². The van der Waals surface area contributed by atoms with E-state index in [2.05, 4.69) is 82.6 Å². The van der Waals surface area contributed by atoms with Gasteiger partial charge in [0.25, 0.3) is 0 Å². The molecule has 6 heteroatoms. The molecule has 228 valence electrons. The molecule has 1 heterocycles. The second-order valence-electron chi connectivity index (χ2n) is 12.3. The van der Waals surface area contributed by atoms with Crippen LogP contribution in [0.25, 0.3) is 49.7 Å². The number of fused-ring (bicyclic) bond motifs is 6. The van der Waals surface area contributed by atoms with Gasteiger partial charge in [0.2, 0.25) is 0 Å². The van der Waals surface area contributed by atoms with Crippen LogP contribution in [-0.4, -0.2) is 4.57 Å². The van der Waals surface area contributed by atoms with Crippen molar-refractivity contribution in [1.82, 2.24) is 4.57 Å². The quantitative estimate of drug-likeness (QED) is 0.0969. The second-order valence-corrected chi connectivity index (χ2v) is 13.2. The average molecular weight is 687 g/mol. The maximum Gasteiger partial charge on any atom is 0.178 e. The van der Waals surface area contributed by atoms with Crippen LogP contribution in [0.2, 0.25) is 0 Å². The van der Waals surface area contributed by atoms with E-state index in [4.69, 9.17) is 0 Å². The zero-order valence-electron chi connectivity index (χ0n) is 25.2. The van der Waals surface area contributed by atoms with E-state index in [1.54, 1.807) is 36.4 Å². The lowest BCUT2D eigenvalue weighted by Crippen LogP contribution is -2.15. The van der Waals surface area contributed by atoms with Crippen LogP contribution >= 0.6 is 15.9 Å². The summed E-state index contributed by atoms with van der Waals surface area (Å²) >= 11 is 3.31. The predicted molar refractivity (Wildman–Crippen MR) is 184 cm³/mol. The molecule has 0 saturated carbocycles. The van der Waals surface area contributed by atoms with Crippen molar-refractivity contribution in [1.29, 1.82) is 0 Å². The molecule has 0 saturated heterocycles. The van der Waals surface area contributed by atoms with E-state index >= 15 is 17.6 Å². The van der Waals surface area contributed by atoms with Crippen molar-refractivity contribution in [3.05, 3.63) is 159 Å². The monoisotopic (exact) mass is 685 g/mol. The first-order valence-electron chi connectivity index (χ1n) is 15.1. The summed E-state index contributed by atoms with van der Waals surface area (Å²) in [5, 5.41) is 2.20. The first kappa shape index (κ1) is 29.3. The zero-order valence-corrected chi connectivity index (χ0v) is 26.8. The Morgan fingerprint density at radius 3 is 1.98 bits per heavy atom. The molecule has 0 amide bonds. The number of nitrogens with zero attached hydrogens (tertiary/aromatic N) is 1. The highest BCUT2D eigenvalue weighted by Crippen LogP contribution is 2.52. The molecule has 0 N–H and O–H groups in total. The molecule has 7 aromatic rings. The minimum absolute atomic E-state index is 0.0497. The van der Waals surface area contributed by atoms with E-state index in [1.165, 1.54) is 6.07 Å². The summed E-state index contributed by atoms with van der Waals surface area (Å²) in [5.74, 6) is -1.13. The molecule has 0 aliphatic heterocycles. The van der Waals surface area contributed by atoms with Gasteiger partial charge in [0.05, 0.1) is 16.6 Å². The average Bonchev–Trinajstić information content (AvgIpc) is 3.52. The Hall–Kier alpha value is -5.12. The molecule has 6 aromatic carbocycles. The summed E-state index contributed by atoms with van der Waals surface area (Å²) in [6.07, 6.45) is 0. The number of rotatable bonds is 2. The molecular formula is C41H24BrF4N. The first-order valence-corrected chi connectivity index (χ1v) is 15.9. The van der Waals surface area contributed by atoms with Crippen LogP contribution in [0.5, 0.6) is 0 Å². The van der Waals surface area contributed by atoms with Gasteiger partial charge in [0, 0.05) is 31.9 Å². The molecule has 1 aromatic heterocycles. The highest BCUT2D eigenvalue weighted by Gasteiger charge is 2.37. The van der Waals surface area contributed by atoms with Gasteiger partial charge in [0.1, 0.15) is 5.56 Å². The van der Waals surface area contributed by atoms with Crippen molar-refractivity contribution in [2.45, 2.75) is 19.3 Å². The standard InChI is InChI=1S/C41H24BrF4N/c1-41(2)32-20-24(36-39(45)37(43)29(38(44)40(36)46)18-14-23-12-16-25(42)17-13-23)15-19-27(32)30-22-35-31(21-33(30)41)28-10-6-7-11-34(28)47(35)26-8-4-3-5-9-26/h3-13,15-17,19-22H,1-2H3. The smallest absolute Gasteiger partial charge is 0.178 e. The van der Waals surface area contributed by atoms with Gasteiger partial charge in [-0.2, -0.15) is 0 Å². The van der Waals surface area contributed by atoms with Gasteiger partial charge < -0.3 is 4.57 Å². The molecule has 47 heavy (non-hydrogen) atoms. The Labute approximate surface area is 277 Å². The summed E-state index contributed by atoms with van der Waals surface area (Å²) in [6, 6.07) is 34.4. The van der Waals surface area contributed by atoms with Crippen LogP contribution in [0.15, 0.2) is 114 Å². The molecular weight excluding hydrogens is 662 g/mol. The van der Waals surface area contributed by atoms with Gasteiger partial charge in [0.15, 0.2) is 23.3 Å². The lowest BCUT2D eigenvalue weighted by atomic mass is 9.81. The first-order chi connectivity index (χ1) is 22.6. The van der Waals surface area contributed by atoms with Crippen molar-refractivity contribution in [3.8, 4) is 39.8 Å². The van der Waals surface area contributed by atoms with Crippen LogP contribution in [0.1, 0.15) is 36.1 Å². The molecule has 1 aliphatic rings. The SMILES string of the molecule is CC1(C)c2cc(-c3c(F)c(F)c(C#Cc4ccc(Br)cc4)c(F)c3F)ccc2-c2cc3c(cc21)c1ccccc1n3-c1ccccc1. The van der Waals surface area contributed by atoms with Gasteiger partial charge in [-0.25, -0.2) is 17.6 Å². The minimum atomic E-state index is -1.53. The summed E-state index contributed by atoms with van der Waals surface area (Å²) in [4.78, 5) is 0. The normalized spacial score (nSPS) is 13.0. The van der Waals surface area contributed by atoms with Crippen molar-refractivity contribution in [2.24, 2.45) is 0 Å². The summed E-state index contributed by atoms with van der Waals surface area (Å²) in [7, 11) is 0. The van der Waals surface area contributed by atoms with Crippen LogP contribution < -0.4 is 0 Å². The summed E-state index contributed by atoms with van der Waals surface area (Å²) in [6.45, 7) is 4.11. The fourth-order valence-corrected chi connectivity index (χ4v) is 7.13. The summed E-state index contributed by atoms with van der Waals surface area (Å²) in [5.41, 5.74) is 5.16. The Bertz CT molecular complexity index is 2450. The highest BCUT2D eigenvalue weighted by atomic mass is 79.9. The third kappa shape index (κ3) is 4.45. The van der Waals surface area contributed by atoms with Gasteiger partial charge >= 0.3 is 0 Å². The fraction of sp³-hybridized carbons (Fsp3) is 0.0732. The van der Waals surface area contributed by atoms with E-state index < -0.39 is 39.8 Å². The number of hydrogen-bond acceptors (Lipinski definition) is 0. The second kappa shape index (κ2) is 10.7. The highest BCUT2D eigenvalue weighted by molar-refractivity contribution is 9.10. The van der Waals surface area contributed by atoms with E-state index in [1.807, 2.05) is 30.3 Å². The number of hydrogen-bond donors (Lipinski definition) is 0. The Morgan fingerprint density at radius 1 is 0.596 bits per heavy atom. The van der Waals surface area contributed by atoms with Crippen molar-refractivity contribution >= 4 is 37.7 Å². The molecule has 0 unspecified atom stereocenters. The molecule has 0 fully saturated rings. The van der Waals surface area contributed by atoms with E-state index in [0.29, 0.717) is 5.56 Å². The van der Waals surface area contributed by atoms with Crippen molar-refractivity contribution < 1.29 is 17.6 Å². The van der Waals surface area contributed by atoms with Crippen LogP contribution in [-0.2, 0) is 5.41 Å². The molecule has 0 spiro atoms. The molecule has 0 atom stereocenters. The predicted octanol–water partition coefficient (Wildman–Crippen LogP) is 11.5. The van der Waals surface area contributed by atoms with Crippen LogP contribution in [0.3, 0.4) is 0 Å². The van der Waals surface area contributed by atoms with E-state index in [-0.39, 0.29) is 5.56 Å². The third-order valence-corrected chi connectivity index (χ3v) is 9.74. The number of benzene rings is 6. The number of aromatic nitrogens is 1. The summed E-state index contributed by atoms with van der Waals surface area (Å²) < 4.78 is 64.9. The largest absolute Gasteiger partial charge is 0.309 e.